The van der Waals surface area contributed by atoms with Gasteiger partial charge in [0.25, 0.3) is 11.6 Å². The van der Waals surface area contributed by atoms with Gasteiger partial charge in [0.15, 0.2) is 0 Å². The Kier molecular flexibility index (Phi) is 7.21. The molecule has 156 valence electrons. The quantitative estimate of drug-likeness (QED) is 0.375. The van der Waals surface area contributed by atoms with Crippen molar-refractivity contribution in [2.75, 3.05) is 20.3 Å². The maximum atomic E-state index is 13.0. The zero-order valence-corrected chi connectivity index (χ0v) is 17.3. The second kappa shape index (κ2) is 10.0. The van der Waals surface area contributed by atoms with Gasteiger partial charge >= 0.3 is 0 Å². The summed E-state index contributed by atoms with van der Waals surface area (Å²) in [7, 11) is 1.58. The number of amides is 1. The van der Waals surface area contributed by atoms with Crippen LogP contribution < -0.4 is 0 Å². The van der Waals surface area contributed by atoms with E-state index in [2.05, 4.69) is 4.57 Å². The first kappa shape index (κ1) is 21.5. The van der Waals surface area contributed by atoms with E-state index in [-0.39, 0.29) is 11.6 Å². The number of carbonyl (C=O) groups excluding carboxylic acids is 1. The van der Waals surface area contributed by atoms with Crippen LogP contribution in [-0.4, -0.2) is 40.6 Å². The van der Waals surface area contributed by atoms with Crippen LogP contribution in [0, 0.1) is 10.1 Å². The van der Waals surface area contributed by atoms with Crippen molar-refractivity contribution in [3.63, 3.8) is 0 Å². The van der Waals surface area contributed by atoms with Crippen molar-refractivity contribution in [3.05, 3.63) is 98.8 Å². The van der Waals surface area contributed by atoms with Gasteiger partial charge in [-0.2, -0.15) is 0 Å². The molecule has 1 heterocycles. The van der Waals surface area contributed by atoms with Crippen LogP contribution in [0.1, 0.15) is 21.6 Å². The molecule has 0 radical (unpaired) electrons. The third-order valence-corrected chi connectivity index (χ3v) is 4.93. The SMILES string of the molecule is COCCN(Cc1cccn1Cc1cccc(Cl)c1)C(=O)c1ccc([N+](=O)[O-])cc1. The second-order valence-electron chi connectivity index (χ2n) is 6.78. The van der Waals surface area contributed by atoms with Gasteiger partial charge in [0.1, 0.15) is 0 Å². The van der Waals surface area contributed by atoms with Crippen molar-refractivity contribution in [2.24, 2.45) is 0 Å². The predicted octanol–water partition coefficient (Wildman–Crippen LogP) is 4.39. The molecular weight excluding hydrogens is 406 g/mol. The second-order valence-corrected chi connectivity index (χ2v) is 7.22. The average molecular weight is 428 g/mol. The third kappa shape index (κ3) is 5.46. The van der Waals surface area contributed by atoms with E-state index < -0.39 is 4.92 Å². The molecule has 3 rings (SSSR count). The highest BCUT2D eigenvalue weighted by molar-refractivity contribution is 6.30. The maximum absolute atomic E-state index is 13.0. The van der Waals surface area contributed by atoms with Crippen LogP contribution in [-0.2, 0) is 17.8 Å². The Labute approximate surface area is 179 Å². The molecule has 2 aromatic carbocycles. The number of hydrogen-bond acceptors (Lipinski definition) is 4. The van der Waals surface area contributed by atoms with Crippen LogP contribution in [0.3, 0.4) is 0 Å². The van der Waals surface area contributed by atoms with Crippen LogP contribution in [0.2, 0.25) is 5.02 Å². The molecule has 0 aliphatic rings. The molecule has 0 N–H and O–H groups in total. The Morgan fingerprint density at radius 1 is 1.17 bits per heavy atom. The molecule has 8 heteroatoms. The first-order chi connectivity index (χ1) is 14.5. The summed E-state index contributed by atoms with van der Waals surface area (Å²) in [5.74, 6) is -0.211. The molecule has 3 aromatic rings. The summed E-state index contributed by atoms with van der Waals surface area (Å²) >= 11 is 6.09. The summed E-state index contributed by atoms with van der Waals surface area (Å²) in [5, 5.41) is 11.5. The number of ether oxygens (including phenoxy) is 1. The number of non-ortho nitro benzene ring substituents is 1. The highest BCUT2D eigenvalue weighted by Crippen LogP contribution is 2.17. The summed E-state index contributed by atoms with van der Waals surface area (Å²) in [5.41, 5.74) is 2.36. The molecule has 30 heavy (non-hydrogen) atoms. The van der Waals surface area contributed by atoms with Crippen molar-refractivity contribution in [1.82, 2.24) is 9.47 Å². The molecule has 0 atom stereocenters. The number of aromatic nitrogens is 1. The smallest absolute Gasteiger partial charge is 0.269 e. The number of nitro benzene ring substituents is 1. The standard InChI is InChI=1S/C22H22ClN3O4/c1-30-13-12-25(22(27)18-7-9-20(10-8-18)26(28)29)16-21-6-3-11-24(21)15-17-4-2-5-19(23)14-17/h2-11,14H,12-13,15-16H2,1H3. The molecule has 0 fully saturated rings. The van der Waals surface area contributed by atoms with E-state index in [4.69, 9.17) is 16.3 Å². The number of hydrogen-bond donors (Lipinski definition) is 0. The molecular formula is C22H22ClN3O4. The Balaban J connectivity index is 1.79. The zero-order chi connectivity index (χ0) is 21.5. The minimum atomic E-state index is -0.486. The van der Waals surface area contributed by atoms with Crippen LogP contribution in [0.5, 0.6) is 0 Å². The molecule has 0 aliphatic heterocycles. The molecule has 0 unspecified atom stereocenters. The lowest BCUT2D eigenvalue weighted by molar-refractivity contribution is -0.384. The number of carbonyl (C=O) groups is 1. The van der Waals surface area contributed by atoms with Gasteiger partial charge in [-0.25, -0.2) is 0 Å². The van der Waals surface area contributed by atoms with Gasteiger partial charge in [0.05, 0.1) is 18.1 Å². The van der Waals surface area contributed by atoms with Gasteiger partial charge in [0.2, 0.25) is 0 Å². The highest BCUT2D eigenvalue weighted by Gasteiger charge is 2.18. The molecule has 1 aromatic heterocycles. The van der Waals surface area contributed by atoms with E-state index in [0.29, 0.717) is 36.8 Å². The van der Waals surface area contributed by atoms with E-state index in [1.54, 1.807) is 12.0 Å². The number of halogens is 1. The molecule has 1 amide bonds. The van der Waals surface area contributed by atoms with Gasteiger partial charge in [-0.15, -0.1) is 0 Å². The van der Waals surface area contributed by atoms with Crippen molar-refractivity contribution >= 4 is 23.2 Å². The normalized spacial score (nSPS) is 10.7. The lowest BCUT2D eigenvalue weighted by atomic mass is 10.1. The summed E-state index contributed by atoms with van der Waals surface area (Å²) < 4.78 is 7.23. The highest BCUT2D eigenvalue weighted by atomic mass is 35.5. The Morgan fingerprint density at radius 2 is 1.93 bits per heavy atom. The number of nitro groups is 1. The van der Waals surface area contributed by atoms with Crippen molar-refractivity contribution in [3.8, 4) is 0 Å². The van der Waals surface area contributed by atoms with E-state index in [0.717, 1.165) is 11.3 Å². The summed E-state index contributed by atoms with van der Waals surface area (Å²) in [6.45, 7) is 1.79. The molecule has 0 saturated carbocycles. The van der Waals surface area contributed by atoms with Gasteiger partial charge in [-0.3, -0.25) is 14.9 Å². The first-order valence-corrected chi connectivity index (χ1v) is 9.77. The zero-order valence-electron chi connectivity index (χ0n) is 16.5. The Bertz CT molecular complexity index is 1020. The fraction of sp³-hybridized carbons (Fsp3) is 0.227. The maximum Gasteiger partial charge on any atom is 0.269 e. The molecule has 0 spiro atoms. The Hall–Kier alpha value is -3.16. The molecule has 0 saturated heterocycles. The first-order valence-electron chi connectivity index (χ1n) is 9.39. The average Bonchev–Trinajstić information content (AvgIpc) is 3.17. The summed E-state index contributed by atoms with van der Waals surface area (Å²) in [6.07, 6.45) is 1.96. The van der Waals surface area contributed by atoms with Crippen molar-refractivity contribution < 1.29 is 14.5 Å². The fourth-order valence-corrected chi connectivity index (χ4v) is 3.35. The lowest BCUT2D eigenvalue weighted by Gasteiger charge is -2.23. The number of benzene rings is 2. The van der Waals surface area contributed by atoms with E-state index >= 15 is 0 Å². The fourth-order valence-electron chi connectivity index (χ4n) is 3.14. The summed E-state index contributed by atoms with van der Waals surface area (Å²) in [4.78, 5) is 25.1. The Morgan fingerprint density at radius 3 is 2.60 bits per heavy atom. The molecule has 0 aliphatic carbocycles. The minimum absolute atomic E-state index is 0.0506. The third-order valence-electron chi connectivity index (χ3n) is 4.70. The monoisotopic (exact) mass is 427 g/mol. The predicted molar refractivity (Wildman–Crippen MR) is 115 cm³/mol. The van der Waals surface area contributed by atoms with Gasteiger partial charge in [-0.1, -0.05) is 23.7 Å². The number of nitrogens with zero attached hydrogens (tertiary/aromatic N) is 3. The van der Waals surface area contributed by atoms with E-state index in [1.807, 2.05) is 42.6 Å². The molecule has 7 nitrogen and oxygen atoms in total. The van der Waals surface area contributed by atoms with E-state index in [1.165, 1.54) is 24.3 Å². The number of methoxy groups -OCH3 is 1. The number of rotatable bonds is 9. The van der Waals surface area contributed by atoms with Crippen LogP contribution in [0.25, 0.3) is 0 Å². The topological polar surface area (TPSA) is 77.6 Å². The van der Waals surface area contributed by atoms with Crippen LogP contribution >= 0.6 is 11.6 Å². The van der Waals surface area contributed by atoms with Gasteiger partial charge in [0, 0.05) is 54.8 Å². The summed E-state index contributed by atoms with van der Waals surface area (Å²) in [6, 6.07) is 17.2. The lowest BCUT2D eigenvalue weighted by Crippen LogP contribution is -2.34. The van der Waals surface area contributed by atoms with Gasteiger partial charge < -0.3 is 14.2 Å². The van der Waals surface area contributed by atoms with Crippen molar-refractivity contribution in [2.45, 2.75) is 13.1 Å². The minimum Gasteiger partial charge on any atom is -0.383 e. The van der Waals surface area contributed by atoms with Crippen molar-refractivity contribution in [1.29, 1.82) is 0 Å². The van der Waals surface area contributed by atoms with Gasteiger partial charge in [-0.05, 0) is 42.0 Å². The van der Waals surface area contributed by atoms with E-state index in [9.17, 15) is 14.9 Å². The molecule has 0 bridgehead atoms. The van der Waals surface area contributed by atoms with Crippen LogP contribution in [0.15, 0.2) is 66.9 Å². The van der Waals surface area contributed by atoms with Crippen LogP contribution in [0.4, 0.5) is 5.69 Å². The largest absolute Gasteiger partial charge is 0.383 e.